The molecule has 1 amide bonds. The van der Waals surface area contributed by atoms with Gasteiger partial charge in [-0.25, -0.2) is 0 Å². The number of rotatable bonds is 12. The number of carbonyl (C=O) groups excluding carboxylic acids is 1. The van der Waals surface area contributed by atoms with Crippen molar-refractivity contribution in [2.24, 2.45) is 0 Å². The molecule has 2 aromatic carbocycles. The van der Waals surface area contributed by atoms with E-state index in [1.165, 1.54) is 6.07 Å². The molecule has 0 saturated carbocycles. The maximum atomic E-state index is 12.6. The van der Waals surface area contributed by atoms with Crippen LogP contribution in [0.25, 0.3) is 0 Å². The zero-order chi connectivity index (χ0) is 22.9. The lowest BCUT2D eigenvalue weighted by Gasteiger charge is -2.16. The number of hydrogen-bond donors (Lipinski definition) is 2. The molecule has 32 heavy (non-hydrogen) atoms. The van der Waals surface area contributed by atoms with Crippen molar-refractivity contribution in [3.8, 4) is 28.7 Å². The Morgan fingerprint density at radius 3 is 2.75 bits per heavy atom. The monoisotopic (exact) mass is 465 g/mol. The first-order valence-electron chi connectivity index (χ1n) is 10.6. The van der Waals surface area contributed by atoms with Crippen LogP contribution in [0.15, 0.2) is 30.3 Å². The molecule has 2 N–H and O–H groups in total. The summed E-state index contributed by atoms with van der Waals surface area (Å²) in [5, 5.41) is 13.2. The molecule has 0 fully saturated rings. The van der Waals surface area contributed by atoms with E-state index >= 15 is 0 Å². The highest BCUT2D eigenvalue weighted by Crippen LogP contribution is 2.37. The summed E-state index contributed by atoms with van der Waals surface area (Å²) in [6, 6.07) is 8.26. The second-order valence-corrected chi connectivity index (χ2v) is 7.52. The van der Waals surface area contributed by atoms with E-state index in [1.54, 1.807) is 24.3 Å². The molecule has 0 bridgehead atoms. The number of unbranched alkanes of at least 4 members (excludes halogenated alkanes) is 1. The Bertz CT molecular complexity index is 921. The summed E-state index contributed by atoms with van der Waals surface area (Å²) in [5.41, 5.74) is 0.310. The average molecular weight is 466 g/mol. The number of aliphatic hydroxyl groups is 1. The number of fused-ring (bicyclic) bond motifs is 1. The SMILES string of the molecule is CCCCOc1c(Cl)cc(C(=O)NCC(O)COc2ccc3c(c2)OCO3)cc1OCC. The predicted molar refractivity (Wildman–Crippen MR) is 119 cm³/mol. The van der Waals surface area contributed by atoms with E-state index in [2.05, 4.69) is 12.2 Å². The summed E-state index contributed by atoms with van der Waals surface area (Å²) in [5.74, 6) is 2.22. The molecule has 1 unspecified atom stereocenters. The molecule has 8 nitrogen and oxygen atoms in total. The van der Waals surface area contributed by atoms with Crippen molar-refractivity contribution in [2.75, 3.05) is 33.2 Å². The van der Waals surface area contributed by atoms with Gasteiger partial charge in [0.05, 0.1) is 18.2 Å². The third kappa shape index (κ3) is 6.34. The molecule has 174 valence electrons. The zero-order valence-corrected chi connectivity index (χ0v) is 18.9. The highest BCUT2D eigenvalue weighted by Gasteiger charge is 2.18. The van der Waals surface area contributed by atoms with Crippen LogP contribution in [0.4, 0.5) is 0 Å². The Morgan fingerprint density at radius 2 is 1.97 bits per heavy atom. The van der Waals surface area contributed by atoms with E-state index in [9.17, 15) is 9.90 Å². The van der Waals surface area contributed by atoms with Crippen LogP contribution < -0.4 is 29.0 Å². The second kappa shape index (κ2) is 11.7. The van der Waals surface area contributed by atoms with E-state index in [0.29, 0.717) is 52.5 Å². The van der Waals surface area contributed by atoms with Gasteiger partial charge in [-0.1, -0.05) is 24.9 Å². The fourth-order valence-corrected chi connectivity index (χ4v) is 3.22. The molecule has 0 radical (unpaired) electrons. The summed E-state index contributed by atoms with van der Waals surface area (Å²) in [7, 11) is 0. The van der Waals surface area contributed by atoms with Gasteiger partial charge >= 0.3 is 0 Å². The number of amides is 1. The van der Waals surface area contributed by atoms with Crippen LogP contribution in [-0.4, -0.2) is 50.3 Å². The first-order chi connectivity index (χ1) is 15.5. The van der Waals surface area contributed by atoms with Gasteiger partial charge in [0.15, 0.2) is 23.0 Å². The van der Waals surface area contributed by atoms with E-state index in [1.807, 2.05) is 6.92 Å². The van der Waals surface area contributed by atoms with Crippen LogP contribution in [0, 0.1) is 0 Å². The van der Waals surface area contributed by atoms with Gasteiger partial charge in [0.25, 0.3) is 5.91 Å². The Balaban J connectivity index is 1.54. The lowest BCUT2D eigenvalue weighted by Crippen LogP contribution is -2.35. The highest BCUT2D eigenvalue weighted by molar-refractivity contribution is 6.32. The lowest BCUT2D eigenvalue weighted by molar-refractivity contribution is 0.0843. The predicted octanol–water partition coefficient (Wildman–Crippen LogP) is 3.82. The molecule has 1 atom stereocenters. The van der Waals surface area contributed by atoms with Crippen LogP contribution in [0.2, 0.25) is 5.02 Å². The molecule has 0 aliphatic carbocycles. The minimum atomic E-state index is -0.914. The van der Waals surface area contributed by atoms with E-state index in [0.717, 1.165) is 12.8 Å². The van der Waals surface area contributed by atoms with Crippen molar-refractivity contribution in [1.29, 1.82) is 0 Å². The van der Waals surface area contributed by atoms with Gasteiger partial charge in [-0.15, -0.1) is 0 Å². The van der Waals surface area contributed by atoms with Gasteiger partial charge in [0.2, 0.25) is 6.79 Å². The largest absolute Gasteiger partial charge is 0.491 e. The van der Waals surface area contributed by atoms with Crippen molar-refractivity contribution in [3.63, 3.8) is 0 Å². The Kier molecular flexibility index (Phi) is 8.70. The quantitative estimate of drug-likeness (QED) is 0.460. The molecule has 1 aliphatic heterocycles. The average Bonchev–Trinajstić information content (AvgIpc) is 3.25. The molecule has 9 heteroatoms. The van der Waals surface area contributed by atoms with Crippen LogP contribution in [-0.2, 0) is 0 Å². The Morgan fingerprint density at radius 1 is 1.16 bits per heavy atom. The van der Waals surface area contributed by atoms with Crippen molar-refractivity contribution >= 4 is 17.5 Å². The molecule has 0 aromatic heterocycles. The standard InChI is InChI=1S/C23H28ClNO7/c1-3-5-8-29-22-18(24)9-15(10-21(22)28-4-2)23(27)25-12-16(26)13-30-17-6-7-19-20(11-17)32-14-31-19/h6-7,9-11,16,26H,3-5,8,12-14H2,1-2H3,(H,25,27). The number of aliphatic hydroxyl groups excluding tert-OH is 1. The molecule has 1 heterocycles. The normalized spacial score (nSPS) is 12.9. The lowest BCUT2D eigenvalue weighted by atomic mass is 10.1. The summed E-state index contributed by atoms with van der Waals surface area (Å²) >= 11 is 6.34. The maximum absolute atomic E-state index is 12.6. The number of benzene rings is 2. The van der Waals surface area contributed by atoms with Crippen molar-refractivity contribution in [2.45, 2.75) is 32.8 Å². The van der Waals surface area contributed by atoms with Crippen molar-refractivity contribution in [3.05, 3.63) is 40.9 Å². The topological polar surface area (TPSA) is 95.5 Å². The fraction of sp³-hybridized carbons (Fsp3) is 0.435. The third-order valence-electron chi connectivity index (χ3n) is 4.60. The molecule has 1 aliphatic rings. The van der Waals surface area contributed by atoms with Crippen molar-refractivity contribution < 1.29 is 33.6 Å². The Labute approximate surface area is 192 Å². The van der Waals surface area contributed by atoms with Gasteiger partial charge in [-0.3, -0.25) is 4.79 Å². The number of nitrogens with one attached hydrogen (secondary N) is 1. The van der Waals surface area contributed by atoms with Crippen molar-refractivity contribution in [1.82, 2.24) is 5.32 Å². The number of halogens is 1. The maximum Gasteiger partial charge on any atom is 0.251 e. The van der Waals surface area contributed by atoms with Crippen LogP contribution in [0.5, 0.6) is 28.7 Å². The van der Waals surface area contributed by atoms with Crippen LogP contribution in [0.1, 0.15) is 37.0 Å². The van der Waals surface area contributed by atoms with Gasteiger partial charge in [-0.05, 0) is 37.6 Å². The first-order valence-corrected chi connectivity index (χ1v) is 11.0. The molecular weight excluding hydrogens is 438 g/mol. The van der Waals surface area contributed by atoms with E-state index in [4.69, 9.17) is 35.3 Å². The number of ether oxygens (including phenoxy) is 5. The number of carbonyl (C=O) groups is 1. The Hall–Kier alpha value is -2.84. The second-order valence-electron chi connectivity index (χ2n) is 7.11. The first kappa shape index (κ1) is 23.8. The van der Waals surface area contributed by atoms with E-state index in [-0.39, 0.29) is 19.9 Å². The van der Waals surface area contributed by atoms with E-state index < -0.39 is 12.0 Å². The zero-order valence-electron chi connectivity index (χ0n) is 18.2. The van der Waals surface area contributed by atoms with Gasteiger partial charge < -0.3 is 34.1 Å². The summed E-state index contributed by atoms with van der Waals surface area (Å²) in [4.78, 5) is 12.6. The molecular formula is C23H28ClNO7. The van der Waals surface area contributed by atoms with Gasteiger partial charge in [0.1, 0.15) is 18.5 Å². The molecule has 2 aromatic rings. The summed E-state index contributed by atoms with van der Waals surface area (Å²) in [6.07, 6.45) is 0.960. The molecule has 0 spiro atoms. The molecule has 0 saturated heterocycles. The minimum absolute atomic E-state index is 0.000274. The fourth-order valence-electron chi connectivity index (χ4n) is 2.95. The van der Waals surface area contributed by atoms with Crippen LogP contribution in [0.3, 0.4) is 0 Å². The minimum Gasteiger partial charge on any atom is -0.491 e. The number of hydrogen-bond acceptors (Lipinski definition) is 7. The summed E-state index contributed by atoms with van der Waals surface area (Å²) < 4.78 is 27.5. The highest BCUT2D eigenvalue weighted by atomic mass is 35.5. The van der Waals surface area contributed by atoms with Gasteiger partial charge in [-0.2, -0.15) is 0 Å². The smallest absolute Gasteiger partial charge is 0.251 e. The van der Waals surface area contributed by atoms with Crippen LogP contribution >= 0.6 is 11.6 Å². The molecule has 3 rings (SSSR count). The third-order valence-corrected chi connectivity index (χ3v) is 4.88. The summed E-state index contributed by atoms with van der Waals surface area (Å²) in [6.45, 7) is 4.99. The van der Waals surface area contributed by atoms with Gasteiger partial charge in [0, 0.05) is 18.2 Å².